The van der Waals surface area contributed by atoms with Crippen LogP contribution in [0.25, 0.3) is 22.9 Å². The maximum absolute atomic E-state index is 5.33. The van der Waals surface area contributed by atoms with Gasteiger partial charge in [0.2, 0.25) is 0 Å². The number of hydrogen-bond donors (Lipinski definition) is 0. The van der Waals surface area contributed by atoms with E-state index in [1.54, 1.807) is 46.4 Å². The largest absolute Gasteiger partial charge is 1.00 e. The summed E-state index contributed by atoms with van der Waals surface area (Å²) in [6.07, 6.45) is 17.6. The molecular weight excluding hydrogens is 665 g/mol. The number of terminal acetylenes is 1. The molecule has 6 aromatic rings. The number of benzene rings is 1. The molecule has 0 saturated heterocycles. The molecule has 0 spiro atoms. The minimum atomic E-state index is 0. The molecule has 0 N–H and O–H groups in total. The first-order valence-corrected chi connectivity index (χ1v) is 11.6. The van der Waals surface area contributed by atoms with E-state index in [0.29, 0.717) is 0 Å². The minimum Gasteiger partial charge on any atom is -0.500 e. The van der Waals surface area contributed by atoms with E-state index in [0.717, 1.165) is 28.6 Å². The fraction of sp³-hybridized carbons (Fsp3) is 0.0333. The summed E-state index contributed by atoms with van der Waals surface area (Å²) in [5, 5.41) is 8.08. The van der Waals surface area contributed by atoms with Gasteiger partial charge in [0, 0.05) is 49.1 Å². The van der Waals surface area contributed by atoms with Crippen molar-refractivity contribution in [2.45, 2.75) is 0 Å². The van der Waals surface area contributed by atoms with Crippen LogP contribution >= 0.6 is 0 Å². The zero-order valence-corrected chi connectivity index (χ0v) is 23.3. The molecule has 6 rings (SSSR count). The van der Waals surface area contributed by atoms with Crippen molar-refractivity contribution >= 4 is 0 Å². The van der Waals surface area contributed by atoms with Gasteiger partial charge < -0.3 is 9.72 Å². The first-order chi connectivity index (χ1) is 18.8. The molecule has 39 heavy (non-hydrogen) atoms. The third kappa shape index (κ3) is 9.16. The molecule has 9 heteroatoms. The maximum Gasteiger partial charge on any atom is 1.00 e. The second-order valence-corrected chi connectivity index (χ2v) is 7.42. The third-order valence-corrected chi connectivity index (χ3v) is 4.81. The van der Waals surface area contributed by atoms with E-state index in [-0.39, 0.29) is 26.4 Å². The van der Waals surface area contributed by atoms with Gasteiger partial charge in [0.25, 0.3) is 0 Å². The molecule has 0 fully saturated rings. The fourth-order valence-electron chi connectivity index (χ4n) is 3.12. The second kappa shape index (κ2) is 16.0. The summed E-state index contributed by atoms with van der Waals surface area (Å²) >= 11 is 0. The summed E-state index contributed by atoms with van der Waals surface area (Å²) < 4.78 is 8.78. The van der Waals surface area contributed by atoms with Gasteiger partial charge in [0.15, 0.2) is 11.6 Å². The monoisotopic (exact) mass is 690 g/mol. The molecule has 1 radical (unpaired) electrons. The van der Waals surface area contributed by atoms with E-state index in [2.05, 4.69) is 37.1 Å². The van der Waals surface area contributed by atoms with Crippen LogP contribution in [0, 0.1) is 18.4 Å². The van der Waals surface area contributed by atoms with Crippen LogP contribution in [0.2, 0.25) is 0 Å². The fourth-order valence-corrected chi connectivity index (χ4v) is 3.12. The van der Waals surface area contributed by atoms with E-state index in [1.807, 2.05) is 91.3 Å². The Morgan fingerprint density at radius 3 is 1.77 bits per heavy atom. The van der Waals surface area contributed by atoms with Crippen LogP contribution in [0.1, 0.15) is 0 Å². The summed E-state index contributed by atoms with van der Waals surface area (Å²) in [5.74, 6) is 4.85. The predicted octanol–water partition coefficient (Wildman–Crippen LogP) is 5.09. The Bertz CT molecular complexity index is 1430. The second-order valence-electron chi connectivity index (χ2n) is 7.42. The first-order valence-electron chi connectivity index (χ1n) is 11.6. The SMILES string of the molecule is C#CCOc1cc[c-]c(-c2ccccn2)c1.[Os+].c1ccc(-n2cccn2)nc1.c1ccc(-n2cccn2)nc1. The number of ether oxygens (including phenoxy) is 1. The molecule has 193 valence electrons. The number of pyridine rings is 3. The van der Waals surface area contributed by atoms with Crippen LogP contribution in [-0.4, -0.2) is 41.1 Å². The summed E-state index contributed by atoms with van der Waals surface area (Å²) in [4.78, 5) is 12.5. The van der Waals surface area contributed by atoms with Crippen molar-refractivity contribution in [2.24, 2.45) is 0 Å². The Hall–Kier alpha value is -4.91. The van der Waals surface area contributed by atoms with Gasteiger partial charge in [-0.15, -0.1) is 36.3 Å². The molecule has 8 nitrogen and oxygen atoms in total. The van der Waals surface area contributed by atoms with Crippen LogP contribution in [0.5, 0.6) is 5.75 Å². The van der Waals surface area contributed by atoms with E-state index < -0.39 is 0 Å². The van der Waals surface area contributed by atoms with Crippen molar-refractivity contribution in [3.05, 3.63) is 134 Å². The van der Waals surface area contributed by atoms with E-state index in [9.17, 15) is 0 Å². The van der Waals surface area contributed by atoms with Gasteiger partial charge in [0.1, 0.15) is 6.61 Å². The van der Waals surface area contributed by atoms with E-state index in [4.69, 9.17) is 11.2 Å². The van der Waals surface area contributed by atoms with Gasteiger partial charge in [-0.3, -0.25) is 0 Å². The Labute approximate surface area is 240 Å². The Morgan fingerprint density at radius 2 is 1.31 bits per heavy atom. The zero-order chi connectivity index (χ0) is 26.3. The quantitative estimate of drug-likeness (QED) is 0.186. The average molecular weight is 689 g/mol. The molecule has 0 amide bonds. The molecule has 0 unspecified atom stereocenters. The van der Waals surface area contributed by atoms with Crippen molar-refractivity contribution < 1.29 is 24.5 Å². The summed E-state index contributed by atoms with van der Waals surface area (Å²) in [7, 11) is 0. The van der Waals surface area contributed by atoms with Crippen molar-refractivity contribution in [3.8, 4) is 41.0 Å². The standard InChI is InChI=1S/C14H10NO.2C8H7N3.Os/c1-2-10-16-13-7-5-6-12(11-13)14-8-3-4-9-15-14;2*1-2-5-9-8(4-1)11-7-3-6-10-11;/h1,3-5,7-9,11H,10H2;2*1-7H;/q-1;;;+1. The van der Waals surface area contributed by atoms with E-state index in [1.165, 1.54) is 0 Å². The molecule has 0 aliphatic rings. The van der Waals surface area contributed by atoms with Gasteiger partial charge >= 0.3 is 19.8 Å². The number of aromatic nitrogens is 7. The van der Waals surface area contributed by atoms with Gasteiger partial charge in [0.05, 0.1) is 0 Å². The number of rotatable bonds is 5. The predicted molar refractivity (Wildman–Crippen MR) is 146 cm³/mol. The summed E-state index contributed by atoms with van der Waals surface area (Å²) in [6, 6.07) is 29.5. The molecule has 5 heterocycles. The zero-order valence-electron chi connectivity index (χ0n) is 20.8. The van der Waals surface area contributed by atoms with E-state index >= 15 is 0 Å². The molecule has 0 bridgehead atoms. The molecule has 5 aromatic heterocycles. The van der Waals surface area contributed by atoms with Crippen LogP contribution in [0.4, 0.5) is 0 Å². The topological polar surface area (TPSA) is 83.5 Å². The Kier molecular flexibility index (Phi) is 11.8. The Morgan fingerprint density at radius 1 is 0.718 bits per heavy atom. The van der Waals surface area contributed by atoms with Crippen LogP contribution in [0.3, 0.4) is 0 Å². The summed E-state index contributed by atoms with van der Waals surface area (Å²) in [6.45, 7) is 0.270. The smallest absolute Gasteiger partial charge is 0.500 e. The van der Waals surface area contributed by atoms with Crippen LogP contribution in [-0.2, 0) is 19.8 Å². The first kappa shape index (κ1) is 28.7. The normalized spacial score (nSPS) is 9.41. The molecule has 0 saturated carbocycles. The Balaban J connectivity index is 0.000000164. The number of hydrogen-bond acceptors (Lipinski definition) is 6. The summed E-state index contributed by atoms with van der Waals surface area (Å²) in [5.41, 5.74) is 1.77. The molecular formula is C30H24N7OOs. The van der Waals surface area contributed by atoms with Gasteiger partial charge in [-0.05, 0) is 48.2 Å². The molecule has 0 aliphatic carbocycles. The van der Waals surface area contributed by atoms with Gasteiger partial charge in [-0.1, -0.05) is 30.2 Å². The van der Waals surface area contributed by atoms with Crippen LogP contribution in [0.15, 0.2) is 128 Å². The van der Waals surface area contributed by atoms with Gasteiger partial charge in [-0.25, -0.2) is 19.3 Å². The molecule has 0 aliphatic heterocycles. The van der Waals surface area contributed by atoms with Crippen LogP contribution < -0.4 is 4.74 Å². The molecule has 0 atom stereocenters. The average Bonchev–Trinajstić information content (AvgIpc) is 3.74. The van der Waals surface area contributed by atoms with Gasteiger partial charge in [-0.2, -0.15) is 10.2 Å². The van der Waals surface area contributed by atoms with Crippen molar-refractivity contribution in [1.29, 1.82) is 0 Å². The minimum absolute atomic E-state index is 0. The van der Waals surface area contributed by atoms with Crippen molar-refractivity contribution in [1.82, 2.24) is 34.5 Å². The van der Waals surface area contributed by atoms with Crippen molar-refractivity contribution in [3.63, 3.8) is 0 Å². The van der Waals surface area contributed by atoms with Crippen molar-refractivity contribution in [2.75, 3.05) is 6.61 Å². The maximum atomic E-state index is 5.33. The third-order valence-electron chi connectivity index (χ3n) is 4.81. The number of nitrogens with zero attached hydrogens (tertiary/aromatic N) is 7. The molecule has 1 aromatic carbocycles.